The molecule has 3 rings (SSSR count). The first kappa shape index (κ1) is 18.8. The lowest BCUT2D eigenvalue weighted by Gasteiger charge is -2.27. The Morgan fingerprint density at radius 1 is 1.29 bits per heavy atom. The van der Waals surface area contributed by atoms with Gasteiger partial charge in [0.25, 0.3) is 0 Å². The molecule has 2 heterocycles. The summed E-state index contributed by atoms with van der Waals surface area (Å²) in [5.41, 5.74) is 6.01. The number of H-pyrrole nitrogens is 1. The Morgan fingerprint density at radius 2 is 2.04 bits per heavy atom. The zero-order valence-electron chi connectivity index (χ0n) is 13.2. The lowest BCUT2D eigenvalue weighted by molar-refractivity contribution is 0.296. The fourth-order valence-electron chi connectivity index (χ4n) is 2.18. The standard InChI is InChI=1S/C15H20N6OS.HI/c16-15(21-6-8-23-9-7-21)17-10-13-18-14(20-19-13)11-22-12-4-2-1-3-5-12;/h1-5H,6-11H2,(H2,16,17)(H,18,19,20);1H. The second-order valence-electron chi connectivity index (χ2n) is 5.07. The van der Waals surface area contributed by atoms with Gasteiger partial charge < -0.3 is 15.4 Å². The van der Waals surface area contributed by atoms with Crippen LogP contribution >= 0.6 is 35.7 Å². The summed E-state index contributed by atoms with van der Waals surface area (Å²) < 4.78 is 5.62. The van der Waals surface area contributed by atoms with Gasteiger partial charge in [0.05, 0.1) is 0 Å². The van der Waals surface area contributed by atoms with Gasteiger partial charge in [-0.05, 0) is 12.1 Å². The third-order valence-corrected chi connectivity index (χ3v) is 4.36. The van der Waals surface area contributed by atoms with E-state index in [4.69, 9.17) is 10.5 Å². The van der Waals surface area contributed by atoms with Gasteiger partial charge >= 0.3 is 0 Å². The van der Waals surface area contributed by atoms with Crippen LogP contribution in [0.5, 0.6) is 5.75 Å². The number of thioether (sulfide) groups is 1. The smallest absolute Gasteiger partial charge is 0.191 e. The second kappa shape index (κ2) is 9.72. The molecule has 2 aromatic rings. The highest BCUT2D eigenvalue weighted by Crippen LogP contribution is 2.10. The van der Waals surface area contributed by atoms with E-state index in [0.29, 0.717) is 30.8 Å². The highest BCUT2D eigenvalue weighted by atomic mass is 127. The number of nitrogens with zero attached hydrogens (tertiary/aromatic N) is 4. The number of hydrogen-bond donors (Lipinski definition) is 2. The van der Waals surface area contributed by atoms with Crippen molar-refractivity contribution in [2.45, 2.75) is 13.2 Å². The number of aromatic amines is 1. The van der Waals surface area contributed by atoms with Crippen LogP contribution in [0.2, 0.25) is 0 Å². The van der Waals surface area contributed by atoms with E-state index < -0.39 is 0 Å². The van der Waals surface area contributed by atoms with Crippen molar-refractivity contribution in [2.24, 2.45) is 10.7 Å². The Balaban J connectivity index is 0.00000208. The first-order valence-corrected chi connectivity index (χ1v) is 8.67. The minimum Gasteiger partial charge on any atom is -0.486 e. The molecule has 7 nitrogen and oxygen atoms in total. The molecule has 3 N–H and O–H groups in total. The van der Waals surface area contributed by atoms with Gasteiger partial charge in [0.2, 0.25) is 0 Å². The number of halogens is 1. The van der Waals surface area contributed by atoms with Gasteiger partial charge in [-0.3, -0.25) is 5.10 Å². The molecule has 0 amide bonds. The number of benzene rings is 1. The van der Waals surface area contributed by atoms with Crippen LogP contribution in [0.25, 0.3) is 0 Å². The summed E-state index contributed by atoms with van der Waals surface area (Å²) in [5, 5.41) is 7.01. The lowest BCUT2D eigenvalue weighted by Crippen LogP contribution is -2.42. The fraction of sp³-hybridized carbons (Fsp3) is 0.400. The van der Waals surface area contributed by atoms with E-state index in [1.807, 2.05) is 42.1 Å². The Bertz CT molecular complexity index is 644. The zero-order valence-corrected chi connectivity index (χ0v) is 16.4. The van der Waals surface area contributed by atoms with Crippen LogP contribution < -0.4 is 10.5 Å². The summed E-state index contributed by atoms with van der Waals surface area (Å²) in [6, 6.07) is 9.61. The van der Waals surface area contributed by atoms with Gasteiger partial charge in [0, 0.05) is 24.6 Å². The summed E-state index contributed by atoms with van der Waals surface area (Å²) in [5.74, 6) is 4.85. The minimum absolute atomic E-state index is 0. The van der Waals surface area contributed by atoms with Gasteiger partial charge in [-0.25, -0.2) is 9.98 Å². The average Bonchev–Trinajstić information content (AvgIpc) is 3.07. The van der Waals surface area contributed by atoms with E-state index in [9.17, 15) is 0 Å². The van der Waals surface area contributed by atoms with Crippen LogP contribution in [-0.2, 0) is 13.2 Å². The highest BCUT2D eigenvalue weighted by molar-refractivity contribution is 14.0. The molecule has 0 radical (unpaired) electrons. The SMILES string of the molecule is I.NC(=NCc1n[nH]c(COc2ccccc2)n1)N1CCSCC1. The van der Waals surface area contributed by atoms with Crippen LogP contribution in [0.15, 0.2) is 35.3 Å². The summed E-state index contributed by atoms with van der Waals surface area (Å²) in [6.45, 7) is 2.62. The van der Waals surface area contributed by atoms with Crippen molar-refractivity contribution in [2.75, 3.05) is 24.6 Å². The van der Waals surface area contributed by atoms with Gasteiger partial charge in [0.15, 0.2) is 17.6 Å². The van der Waals surface area contributed by atoms with Crippen molar-refractivity contribution in [3.63, 3.8) is 0 Å². The first-order chi connectivity index (χ1) is 11.3. The number of ether oxygens (including phenoxy) is 1. The Kier molecular flexibility index (Phi) is 7.63. The zero-order chi connectivity index (χ0) is 15.9. The lowest BCUT2D eigenvalue weighted by atomic mass is 10.3. The highest BCUT2D eigenvalue weighted by Gasteiger charge is 2.12. The van der Waals surface area contributed by atoms with E-state index in [2.05, 4.69) is 25.1 Å². The topological polar surface area (TPSA) is 92.4 Å². The summed E-state index contributed by atoms with van der Waals surface area (Å²) in [6.07, 6.45) is 0. The van der Waals surface area contributed by atoms with E-state index in [1.165, 1.54) is 0 Å². The van der Waals surface area contributed by atoms with Crippen molar-refractivity contribution < 1.29 is 4.74 Å². The summed E-state index contributed by atoms with van der Waals surface area (Å²) >= 11 is 1.94. The number of guanidine groups is 1. The first-order valence-electron chi connectivity index (χ1n) is 7.52. The molecule has 9 heteroatoms. The molecule has 1 fully saturated rings. The van der Waals surface area contributed by atoms with E-state index >= 15 is 0 Å². The second-order valence-corrected chi connectivity index (χ2v) is 6.30. The number of nitrogens with one attached hydrogen (secondary N) is 1. The Labute approximate surface area is 162 Å². The number of hydrogen-bond acceptors (Lipinski definition) is 5. The van der Waals surface area contributed by atoms with Crippen molar-refractivity contribution in [3.05, 3.63) is 42.0 Å². The molecular formula is C15H21IN6OS. The maximum atomic E-state index is 6.01. The number of rotatable bonds is 5. The van der Waals surface area contributed by atoms with Crippen molar-refractivity contribution >= 4 is 41.7 Å². The molecule has 1 aromatic heterocycles. The van der Waals surface area contributed by atoms with Crippen LogP contribution in [0, 0.1) is 0 Å². The molecular weight excluding hydrogens is 439 g/mol. The number of aromatic nitrogens is 3. The Morgan fingerprint density at radius 3 is 2.79 bits per heavy atom. The number of aliphatic imine (C=N–C) groups is 1. The predicted octanol–water partition coefficient (Wildman–Crippen LogP) is 1.87. The van der Waals surface area contributed by atoms with Gasteiger partial charge in [-0.1, -0.05) is 18.2 Å². The van der Waals surface area contributed by atoms with Crippen molar-refractivity contribution in [1.29, 1.82) is 0 Å². The third-order valence-electron chi connectivity index (χ3n) is 3.41. The summed E-state index contributed by atoms with van der Waals surface area (Å²) in [7, 11) is 0. The molecule has 24 heavy (non-hydrogen) atoms. The van der Waals surface area contributed by atoms with E-state index in [1.54, 1.807) is 0 Å². The molecule has 0 atom stereocenters. The van der Waals surface area contributed by atoms with Gasteiger partial charge in [-0.15, -0.1) is 24.0 Å². The maximum Gasteiger partial charge on any atom is 0.191 e. The van der Waals surface area contributed by atoms with E-state index in [0.717, 1.165) is 30.3 Å². The third kappa shape index (κ3) is 5.55. The molecule has 0 bridgehead atoms. The maximum absolute atomic E-state index is 6.01. The molecule has 0 unspecified atom stereocenters. The Hall–Kier alpha value is -1.49. The fourth-order valence-corrected chi connectivity index (χ4v) is 3.09. The number of nitrogens with two attached hydrogens (primary N) is 1. The average molecular weight is 460 g/mol. The van der Waals surface area contributed by atoms with Crippen molar-refractivity contribution in [1.82, 2.24) is 20.1 Å². The normalized spacial score (nSPS) is 15.0. The van der Waals surface area contributed by atoms with Crippen LogP contribution in [0.3, 0.4) is 0 Å². The molecule has 1 saturated heterocycles. The van der Waals surface area contributed by atoms with E-state index in [-0.39, 0.29) is 24.0 Å². The largest absolute Gasteiger partial charge is 0.486 e. The van der Waals surface area contributed by atoms with Crippen molar-refractivity contribution in [3.8, 4) is 5.75 Å². The summed E-state index contributed by atoms with van der Waals surface area (Å²) in [4.78, 5) is 10.8. The predicted molar refractivity (Wildman–Crippen MR) is 107 cm³/mol. The molecule has 1 aliphatic rings. The molecule has 130 valence electrons. The quantitative estimate of drug-likeness (QED) is 0.402. The number of para-hydroxylation sites is 1. The molecule has 0 aliphatic carbocycles. The van der Waals surface area contributed by atoms with Gasteiger partial charge in [-0.2, -0.15) is 16.9 Å². The monoisotopic (exact) mass is 460 g/mol. The van der Waals surface area contributed by atoms with Crippen LogP contribution in [0.1, 0.15) is 11.6 Å². The van der Waals surface area contributed by atoms with Crippen LogP contribution in [0.4, 0.5) is 0 Å². The van der Waals surface area contributed by atoms with Crippen LogP contribution in [-0.4, -0.2) is 50.6 Å². The molecule has 1 aromatic carbocycles. The molecule has 0 saturated carbocycles. The minimum atomic E-state index is 0. The van der Waals surface area contributed by atoms with Gasteiger partial charge in [0.1, 0.15) is 18.9 Å². The molecule has 1 aliphatic heterocycles. The molecule has 0 spiro atoms.